The molecule has 1 fully saturated rings. The molecular weight excluding hydrogens is 330 g/mol. The van der Waals surface area contributed by atoms with E-state index in [1.807, 2.05) is 28.2 Å². The standard InChI is InChI=1S/C20H23N3OS/c24-18(13-17-14-23-11-12-25-20(23)21-17)22-19(15-7-3-1-4-8-15)16-9-5-2-6-10-16/h1,3-4,7-8,11-12,14,16,19H,2,5-6,9-10,13H2,(H,22,24). The summed E-state index contributed by atoms with van der Waals surface area (Å²) in [7, 11) is 0. The summed E-state index contributed by atoms with van der Waals surface area (Å²) in [4.78, 5) is 18.1. The molecule has 1 saturated carbocycles. The number of fused-ring (bicyclic) bond motifs is 1. The molecule has 1 atom stereocenters. The Labute approximate surface area is 151 Å². The van der Waals surface area contributed by atoms with Crippen LogP contribution in [-0.2, 0) is 11.2 Å². The SMILES string of the molecule is O=C(Cc1cn2ccsc2n1)NC(c1ccccc1)C1CCCCC1. The van der Waals surface area contributed by atoms with Gasteiger partial charge < -0.3 is 5.32 Å². The average molecular weight is 353 g/mol. The van der Waals surface area contributed by atoms with Gasteiger partial charge in [0.1, 0.15) is 0 Å². The van der Waals surface area contributed by atoms with Crippen LogP contribution in [0.25, 0.3) is 4.96 Å². The molecule has 1 amide bonds. The fourth-order valence-corrected chi connectivity index (χ4v) is 4.57. The average Bonchev–Trinajstić information content (AvgIpc) is 3.23. The number of carbonyl (C=O) groups is 1. The minimum absolute atomic E-state index is 0.0604. The van der Waals surface area contributed by atoms with Crippen LogP contribution in [0, 0.1) is 5.92 Å². The lowest BCUT2D eigenvalue weighted by atomic mass is 9.81. The van der Waals surface area contributed by atoms with Crippen LogP contribution in [0.4, 0.5) is 0 Å². The first-order chi connectivity index (χ1) is 12.3. The molecule has 0 saturated heterocycles. The van der Waals surface area contributed by atoms with Crippen molar-refractivity contribution in [3.8, 4) is 0 Å². The summed E-state index contributed by atoms with van der Waals surface area (Å²) in [6, 6.07) is 10.5. The number of nitrogens with zero attached hydrogens (tertiary/aromatic N) is 2. The highest BCUT2D eigenvalue weighted by atomic mass is 32.1. The number of hydrogen-bond acceptors (Lipinski definition) is 3. The van der Waals surface area contributed by atoms with E-state index in [-0.39, 0.29) is 11.9 Å². The van der Waals surface area contributed by atoms with E-state index in [0.717, 1.165) is 10.7 Å². The molecule has 25 heavy (non-hydrogen) atoms. The van der Waals surface area contributed by atoms with Gasteiger partial charge in [0.25, 0.3) is 0 Å². The number of rotatable bonds is 5. The van der Waals surface area contributed by atoms with Gasteiger partial charge in [-0.15, -0.1) is 11.3 Å². The zero-order chi connectivity index (χ0) is 17.1. The number of carbonyl (C=O) groups excluding carboxylic acids is 1. The van der Waals surface area contributed by atoms with Gasteiger partial charge in [-0.25, -0.2) is 4.98 Å². The summed E-state index contributed by atoms with van der Waals surface area (Å²) in [6.45, 7) is 0. The number of imidazole rings is 1. The lowest BCUT2D eigenvalue weighted by Crippen LogP contribution is -2.35. The molecule has 130 valence electrons. The molecular formula is C20H23N3OS. The Morgan fingerprint density at radius 2 is 2.04 bits per heavy atom. The Kier molecular flexibility index (Phi) is 4.83. The zero-order valence-electron chi connectivity index (χ0n) is 14.2. The predicted octanol–water partition coefficient (Wildman–Crippen LogP) is 4.38. The van der Waals surface area contributed by atoms with Crippen molar-refractivity contribution in [1.29, 1.82) is 0 Å². The Hall–Kier alpha value is -2.14. The van der Waals surface area contributed by atoms with Crippen molar-refractivity contribution < 1.29 is 4.79 Å². The maximum Gasteiger partial charge on any atom is 0.226 e. The van der Waals surface area contributed by atoms with Crippen molar-refractivity contribution >= 4 is 22.2 Å². The third-order valence-corrected chi connectivity index (χ3v) is 5.85. The third kappa shape index (κ3) is 3.76. The van der Waals surface area contributed by atoms with Crippen LogP contribution >= 0.6 is 11.3 Å². The third-order valence-electron chi connectivity index (χ3n) is 5.08. The van der Waals surface area contributed by atoms with Crippen LogP contribution in [0.3, 0.4) is 0 Å². The summed E-state index contributed by atoms with van der Waals surface area (Å²) in [5, 5.41) is 5.30. The normalized spacial score (nSPS) is 16.8. The molecule has 2 aromatic heterocycles. The van der Waals surface area contributed by atoms with Crippen molar-refractivity contribution in [2.45, 2.75) is 44.6 Å². The smallest absolute Gasteiger partial charge is 0.226 e. The van der Waals surface area contributed by atoms with Crippen LogP contribution < -0.4 is 5.32 Å². The molecule has 0 radical (unpaired) electrons. The highest BCUT2D eigenvalue weighted by molar-refractivity contribution is 7.15. The summed E-state index contributed by atoms with van der Waals surface area (Å²) >= 11 is 1.59. The Balaban J connectivity index is 1.49. The van der Waals surface area contributed by atoms with E-state index in [2.05, 4.69) is 34.6 Å². The van der Waals surface area contributed by atoms with Crippen LogP contribution in [0.5, 0.6) is 0 Å². The minimum Gasteiger partial charge on any atom is -0.349 e. The lowest BCUT2D eigenvalue weighted by Gasteiger charge is -2.31. The first kappa shape index (κ1) is 16.3. The first-order valence-corrected chi connectivity index (χ1v) is 9.93. The molecule has 1 unspecified atom stereocenters. The highest BCUT2D eigenvalue weighted by Gasteiger charge is 2.26. The number of aromatic nitrogens is 2. The van der Waals surface area contributed by atoms with Gasteiger partial charge in [-0.3, -0.25) is 9.20 Å². The van der Waals surface area contributed by atoms with Crippen LogP contribution in [-0.4, -0.2) is 15.3 Å². The molecule has 5 heteroatoms. The van der Waals surface area contributed by atoms with E-state index < -0.39 is 0 Å². The maximum absolute atomic E-state index is 12.7. The second kappa shape index (κ2) is 7.40. The molecule has 0 bridgehead atoms. The monoisotopic (exact) mass is 353 g/mol. The topological polar surface area (TPSA) is 46.4 Å². The van der Waals surface area contributed by atoms with Crippen molar-refractivity contribution in [3.05, 3.63) is 59.4 Å². The highest BCUT2D eigenvalue weighted by Crippen LogP contribution is 2.34. The first-order valence-electron chi connectivity index (χ1n) is 9.05. The van der Waals surface area contributed by atoms with Gasteiger partial charge >= 0.3 is 0 Å². The molecule has 3 aromatic rings. The van der Waals surface area contributed by atoms with Crippen molar-refractivity contribution in [2.24, 2.45) is 5.92 Å². The van der Waals surface area contributed by atoms with Crippen molar-refractivity contribution in [3.63, 3.8) is 0 Å². The molecule has 0 spiro atoms. The molecule has 2 heterocycles. The summed E-state index contributed by atoms with van der Waals surface area (Å²) < 4.78 is 1.98. The molecule has 4 rings (SSSR count). The largest absolute Gasteiger partial charge is 0.349 e. The van der Waals surface area contributed by atoms with E-state index in [0.29, 0.717) is 12.3 Å². The van der Waals surface area contributed by atoms with E-state index in [4.69, 9.17) is 0 Å². The van der Waals surface area contributed by atoms with E-state index >= 15 is 0 Å². The van der Waals surface area contributed by atoms with Gasteiger partial charge in [-0.1, -0.05) is 49.6 Å². The number of benzene rings is 1. The Bertz CT molecular complexity index is 804. The Morgan fingerprint density at radius 3 is 2.80 bits per heavy atom. The van der Waals surface area contributed by atoms with Gasteiger partial charge in [-0.05, 0) is 24.3 Å². The van der Waals surface area contributed by atoms with Crippen molar-refractivity contribution in [2.75, 3.05) is 0 Å². The fourth-order valence-electron chi connectivity index (χ4n) is 3.85. The quantitative estimate of drug-likeness (QED) is 0.740. The van der Waals surface area contributed by atoms with Gasteiger partial charge in [0.05, 0.1) is 18.2 Å². The molecule has 1 aromatic carbocycles. The zero-order valence-corrected chi connectivity index (χ0v) is 15.0. The predicted molar refractivity (Wildman–Crippen MR) is 101 cm³/mol. The second-order valence-electron chi connectivity index (χ2n) is 6.86. The van der Waals surface area contributed by atoms with Crippen LogP contribution in [0.1, 0.15) is 49.4 Å². The number of amides is 1. The van der Waals surface area contributed by atoms with E-state index in [1.165, 1.54) is 37.7 Å². The minimum atomic E-state index is 0.0604. The fraction of sp³-hybridized carbons (Fsp3) is 0.400. The molecule has 1 N–H and O–H groups in total. The Morgan fingerprint density at radius 1 is 1.24 bits per heavy atom. The molecule has 0 aliphatic heterocycles. The molecule has 4 nitrogen and oxygen atoms in total. The number of hydrogen-bond donors (Lipinski definition) is 1. The van der Waals surface area contributed by atoms with Gasteiger partial charge in [-0.2, -0.15) is 0 Å². The number of thiazole rings is 1. The van der Waals surface area contributed by atoms with Gasteiger partial charge in [0.2, 0.25) is 5.91 Å². The molecule has 1 aliphatic rings. The van der Waals surface area contributed by atoms with Crippen molar-refractivity contribution in [1.82, 2.24) is 14.7 Å². The number of nitrogens with one attached hydrogen (secondary N) is 1. The summed E-state index contributed by atoms with van der Waals surface area (Å²) in [5.41, 5.74) is 2.05. The summed E-state index contributed by atoms with van der Waals surface area (Å²) in [5.74, 6) is 0.593. The van der Waals surface area contributed by atoms with Gasteiger partial charge in [0.15, 0.2) is 4.96 Å². The van der Waals surface area contributed by atoms with E-state index in [9.17, 15) is 4.79 Å². The second-order valence-corrected chi connectivity index (χ2v) is 7.73. The van der Waals surface area contributed by atoms with E-state index in [1.54, 1.807) is 11.3 Å². The summed E-state index contributed by atoms with van der Waals surface area (Å²) in [6.07, 6.45) is 10.5. The van der Waals surface area contributed by atoms with Crippen LogP contribution in [0.15, 0.2) is 48.1 Å². The maximum atomic E-state index is 12.7. The molecule has 1 aliphatic carbocycles. The van der Waals surface area contributed by atoms with Crippen LogP contribution in [0.2, 0.25) is 0 Å². The van der Waals surface area contributed by atoms with Gasteiger partial charge in [0, 0.05) is 17.8 Å². The lowest BCUT2D eigenvalue weighted by molar-refractivity contribution is -0.121.